The molecule has 1 aliphatic rings. The molecule has 2 unspecified atom stereocenters. The fourth-order valence-electron chi connectivity index (χ4n) is 1.99. The highest BCUT2D eigenvalue weighted by atomic mass is 32.2. The molecule has 1 saturated heterocycles. The molecule has 0 spiro atoms. The van der Waals surface area contributed by atoms with Crippen LogP contribution in [-0.2, 0) is 15.5 Å². The van der Waals surface area contributed by atoms with E-state index in [4.69, 9.17) is 10.5 Å². The summed E-state index contributed by atoms with van der Waals surface area (Å²) in [6.07, 6.45) is 0.0920. The number of ether oxygens (including phenoxy) is 1. The zero-order valence-corrected chi connectivity index (χ0v) is 12.3. The molecule has 1 heterocycles. The maximum Gasteiger partial charge on any atom is 0.0817 e. The third-order valence-corrected chi connectivity index (χ3v) is 4.61. The van der Waals surface area contributed by atoms with Crippen LogP contribution in [0.3, 0.4) is 0 Å². The lowest BCUT2D eigenvalue weighted by Gasteiger charge is -2.35. The molecule has 2 N–H and O–H groups in total. The molecule has 4 nitrogen and oxygen atoms in total. The SMILES string of the molecule is CC(C)N1CCOC(CS(=O)CC(C)(C)N)C1. The minimum atomic E-state index is -0.892. The summed E-state index contributed by atoms with van der Waals surface area (Å²) in [5.74, 6) is 1.14. The van der Waals surface area contributed by atoms with Gasteiger partial charge in [0.15, 0.2) is 0 Å². The molecule has 0 aromatic heterocycles. The third-order valence-electron chi connectivity index (χ3n) is 2.81. The maximum absolute atomic E-state index is 11.9. The van der Waals surface area contributed by atoms with E-state index in [9.17, 15) is 4.21 Å². The van der Waals surface area contributed by atoms with Crippen LogP contribution in [0.4, 0.5) is 0 Å². The van der Waals surface area contributed by atoms with Crippen LogP contribution in [0, 0.1) is 0 Å². The fraction of sp³-hybridized carbons (Fsp3) is 1.00. The Hall–Kier alpha value is 0.0300. The molecule has 5 heteroatoms. The lowest BCUT2D eigenvalue weighted by molar-refractivity contribution is -0.0269. The molecule has 102 valence electrons. The van der Waals surface area contributed by atoms with Crippen LogP contribution >= 0.6 is 0 Å². The molecule has 0 radical (unpaired) electrons. The summed E-state index contributed by atoms with van der Waals surface area (Å²) in [5.41, 5.74) is 5.51. The average molecular weight is 262 g/mol. The van der Waals surface area contributed by atoms with E-state index in [0.717, 1.165) is 19.7 Å². The summed E-state index contributed by atoms with van der Waals surface area (Å²) >= 11 is 0. The predicted molar refractivity (Wildman–Crippen MR) is 72.6 cm³/mol. The largest absolute Gasteiger partial charge is 0.375 e. The number of nitrogens with zero attached hydrogens (tertiary/aromatic N) is 1. The number of rotatable bonds is 5. The van der Waals surface area contributed by atoms with Gasteiger partial charge in [-0.25, -0.2) is 0 Å². The van der Waals surface area contributed by atoms with E-state index < -0.39 is 10.8 Å². The second-order valence-corrected chi connectivity index (χ2v) is 7.32. The standard InChI is InChI=1S/C12H26N2O2S/c1-10(2)14-5-6-16-11(7-14)8-17(15)9-12(3,4)13/h10-11H,5-9,13H2,1-4H3. The van der Waals surface area contributed by atoms with Gasteiger partial charge in [0.2, 0.25) is 0 Å². The van der Waals surface area contributed by atoms with Gasteiger partial charge in [0, 0.05) is 41.2 Å². The van der Waals surface area contributed by atoms with Gasteiger partial charge in [-0.2, -0.15) is 0 Å². The van der Waals surface area contributed by atoms with E-state index in [-0.39, 0.29) is 11.6 Å². The Morgan fingerprint density at radius 1 is 1.53 bits per heavy atom. The van der Waals surface area contributed by atoms with Crippen molar-refractivity contribution >= 4 is 10.8 Å². The number of hydrogen-bond donors (Lipinski definition) is 1. The molecular weight excluding hydrogens is 236 g/mol. The van der Waals surface area contributed by atoms with Gasteiger partial charge in [0.25, 0.3) is 0 Å². The van der Waals surface area contributed by atoms with Crippen LogP contribution in [0.15, 0.2) is 0 Å². The minimum Gasteiger partial charge on any atom is -0.375 e. The van der Waals surface area contributed by atoms with Crippen molar-refractivity contribution in [3.63, 3.8) is 0 Å². The lowest BCUT2D eigenvalue weighted by Crippen LogP contribution is -2.48. The Morgan fingerprint density at radius 3 is 2.71 bits per heavy atom. The Balaban J connectivity index is 2.38. The summed E-state index contributed by atoms with van der Waals surface area (Å²) in [7, 11) is -0.892. The third kappa shape index (κ3) is 5.95. The zero-order valence-electron chi connectivity index (χ0n) is 11.4. The van der Waals surface area contributed by atoms with Crippen LogP contribution in [0.1, 0.15) is 27.7 Å². The summed E-state index contributed by atoms with van der Waals surface area (Å²) < 4.78 is 17.6. The number of morpholine rings is 1. The summed E-state index contributed by atoms with van der Waals surface area (Å²) in [6, 6.07) is 0.529. The van der Waals surface area contributed by atoms with Crippen molar-refractivity contribution in [1.82, 2.24) is 4.90 Å². The first-order valence-electron chi connectivity index (χ1n) is 6.27. The van der Waals surface area contributed by atoms with Crippen molar-refractivity contribution in [3.8, 4) is 0 Å². The first kappa shape index (κ1) is 15.1. The normalized spacial score (nSPS) is 25.2. The smallest absolute Gasteiger partial charge is 0.0817 e. The van der Waals surface area contributed by atoms with E-state index in [2.05, 4.69) is 18.7 Å². The highest BCUT2D eigenvalue weighted by molar-refractivity contribution is 7.85. The molecule has 0 bridgehead atoms. The monoisotopic (exact) mass is 262 g/mol. The Bertz CT molecular complexity index is 264. The summed E-state index contributed by atoms with van der Waals surface area (Å²) in [5, 5.41) is 0. The van der Waals surface area contributed by atoms with E-state index in [0.29, 0.717) is 17.5 Å². The second kappa shape index (κ2) is 6.27. The second-order valence-electron chi connectivity index (χ2n) is 5.82. The fourth-order valence-corrected chi connectivity index (χ4v) is 3.56. The summed E-state index contributed by atoms with van der Waals surface area (Å²) in [6.45, 7) is 10.8. The van der Waals surface area contributed by atoms with Crippen molar-refractivity contribution < 1.29 is 8.95 Å². The lowest BCUT2D eigenvalue weighted by atomic mass is 10.1. The summed E-state index contributed by atoms with van der Waals surface area (Å²) in [4.78, 5) is 2.37. The first-order chi connectivity index (χ1) is 7.78. The number of hydrogen-bond acceptors (Lipinski definition) is 4. The Morgan fingerprint density at radius 2 is 2.18 bits per heavy atom. The highest BCUT2D eigenvalue weighted by Crippen LogP contribution is 2.11. The zero-order chi connectivity index (χ0) is 13.1. The van der Waals surface area contributed by atoms with Gasteiger partial charge in [0.1, 0.15) is 0 Å². The van der Waals surface area contributed by atoms with Crippen molar-refractivity contribution in [1.29, 1.82) is 0 Å². The van der Waals surface area contributed by atoms with E-state index >= 15 is 0 Å². The van der Waals surface area contributed by atoms with Crippen molar-refractivity contribution in [3.05, 3.63) is 0 Å². The van der Waals surface area contributed by atoms with Crippen LogP contribution < -0.4 is 5.73 Å². The Kier molecular flexibility index (Phi) is 5.57. The van der Waals surface area contributed by atoms with Crippen LogP contribution in [0.5, 0.6) is 0 Å². The highest BCUT2D eigenvalue weighted by Gasteiger charge is 2.25. The van der Waals surface area contributed by atoms with Gasteiger partial charge in [-0.15, -0.1) is 0 Å². The van der Waals surface area contributed by atoms with Gasteiger partial charge in [-0.05, 0) is 27.7 Å². The van der Waals surface area contributed by atoms with Crippen LogP contribution in [0.25, 0.3) is 0 Å². The van der Waals surface area contributed by atoms with Gasteiger partial charge in [-0.3, -0.25) is 9.11 Å². The molecule has 2 atom stereocenters. The molecular formula is C12H26N2O2S. The van der Waals surface area contributed by atoms with E-state index in [1.165, 1.54) is 0 Å². The van der Waals surface area contributed by atoms with Crippen molar-refractivity contribution in [2.24, 2.45) is 5.73 Å². The Labute approximate surface area is 107 Å². The van der Waals surface area contributed by atoms with E-state index in [1.54, 1.807) is 0 Å². The maximum atomic E-state index is 11.9. The molecule has 17 heavy (non-hydrogen) atoms. The van der Waals surface area contributed by atoms with Gasteiger partial charge in [-0.1, -0.05) is 0 Å². The minimum absolute atomic E-state index is 0.0920. The van der Waals surface area contributed by atoms with Crippen LogP contribution in [-0.4, -0.2) is 58.0 Å². The quantitative estimate of drug-likeness (QED) is 0.787. The molecule has 1 aliphatic heterocycles. The molecule has 1 fully saturated rings. The van der Waals surface area contributed by atoms with Crippen molar-refractivity contribution in [2.45, 2.75) is 45.4 Å². The van der Waals surface area contributed by atoms with Gasteiger partial charge in [0.05, 0.1) is 18.5 Å². The molecule has 0 saturated carbocycles. The number of nitrogens with two attached hydrogens (primary N) is 1. The molecule has 0 aromatic carbocycles. The van der Waals surface area contributed by atoms with E-state index in [1.807, 2.05) is 13.8 Å². The first-order valence-corrected chi connectivity index (χ1v) is 7.76. The average Bonchev–Trinajstić information content (AvgIpc) is 2.14. The van der Waals surface area contributed by atoms with Gasteiger partial charge >= 0.3 is 0 Å². The molecule has 1 rings (SSSR count). The molecule has 0 aliphatic carbocycles. The molecule has 0 amide bonds. The van der Waals surface area contributed by atoms with Gasteiger partial charge < -0.3 is 10.5 Å². The van der Waals surface area contributed by atoms with Crippen LogP contribution in [0.2, 0.25) is 0 Å². The topological polar surface area (TPSA) is 55.6 Å². The molecule has 0 aromatic rings. The predicted octanol–water partition coefficient (Wildman–Crippen LogP) is 0.582. The van der Waals surface area contributed by atoms with Crippen molar-refractivity contribution in [2.75, 3.05) is 31.2 Å².